The van der Waals surface area contributed by atoms with Crippen LogP contribution in [0.1, 0.15) is 26.3 Å². The summed E-state index contributed by atoms with van der Waals surface area (Å²) in [4.78, 5) is 24.7. The van der Waals surface area contributed by atoms with Crippen LogP contribution in [0.2, 0.25) is 0 Å². The van der Waals surface area contributed by atoms with Gasteiger partial charge in [0.05, 0.1) is 11.3 Å². The molecule has 0 saturated carbocycles. The van der Waals surface area contributed by atoms with E-state index in [9.17, 15) is 14.7 Å². The summed E-state index contributed by atoms with van der Waals surface area (Å²) in [5.74, 6) is -0.601. The number of phenols is 1. The Morgan fingerprint density at radius 2 is 1.81 bits per heavy atom. The minimum absolute atomic E-state index is 0.0434. The maximum Gasteiger partial charge on any atom is 0.338 e. The van der Waals surface area contributed by atoms with Gasteiger partial charge >= 0.3 is 5.97 Å². The highest BCUT2D eigenvalue weighted by Gasteiger charge is 2.24. The van der Waals surface area contributed by atoms with Crippen molar-refractivity contribution in [1.29, 1.82) is 0 Å². The van der Waals surface area contributed by atoms with Gasteiger partial charge in [0.1, 0.15) is 23.7 Å². The van der Waals surface area contributed by atoms with Crippen LogP contribution in [0, 0.1) is 0 Å². The van der Waals surface area contributed by atoms with Gasteiger partial charge in [-0.25, -0.2) is 4.79 Å². The molecule has 27 heavy (non-hydrogen) atoms. The minimum atomic E-state index is -0.517. The molecule has 1 aliphatic rings. The van der Waals surface area contributed by atoms with Crippen molar-refractivity contribution in [2.45, 2.75) is 6.61 Å². The van der Waals surface area contributed by atoms with E-state index in [0.29, 0.717) is 11.4 Å². The van der Waals surface area contributed by atoms with Crippen molar-refractivity contribution in [3.05, 3.63) is 83.4 Å². The summed E-state index contributed by atoms with van der Waals surface area (Å²) < 4.78 is 11.0. The lowest BCUT2D eigenvalue weighted by atomic mass is 10.1. The van der Waals surface area contributed by atoms with Crippen LogP contribution in [-0.4, -0.2) is 17.0 Å². The van der Waals surface area contributed by atoms with Crippen molar-refractivity contribution >= 4 is 17.6 Å². The Bertz CT molecular complexity index is 1030. The standard InChI is InChI=1S/C21H15NO5/c23-16-7-4-8-18-19(16)20(24)22-15-11-14(9-10-17(15)27-18)21(25)26-12-13-5-2-1-3-6-13/h1-11,23H,12H2,(H,22,24). The topological polar surface area (TPSA) is 84.9 Å². The zero-order valence-electron chi connectivity index (χ0n) is 14.1. The predicted molar refractivity (Wildman–Crippen MR) is 98.1 cm³/mol. The number of carbonyl (C=O) groups is 2. The van der Waals surface area contributed by atoms with Gasteiger partial charge < -0.3 is 19.9 Å². The van der Waals surface area contributed by atoms with Crippen molar-refractivity contribution < 1.29 is 24.2 Å². The van der Waals surface area contributed by atoms with Crippen LogP contribution < -0.4 is 10.1 Å². The van der Waals surface area contributed by atoms with Gasteiger partial charge in [0, 0.05) is 0 Å². The van der Waals surface area contributed by atoms with Gasteiger partial charge in [-0.05, 0) is 35.9 Å². The highest BCUT2D eigenvalue weighted by atomic mass is 16.5. The summed E-state index contributed by atoms with van der Waals surface area (Å²) in [5, 5.41) is 12.6. The van der Waals surface area contributed by atoms with Crippen LogP contribution in [-0.2, 0) is 11.3 Å². The number of hydrogen-bond acceptors (Lipinski definition) is 5. The molecule has 6 heteroatoms. The number of benzene rings is 3. The molecule has 134 valence electrons. The fourth-order valence-corrected chi connectivity index (χ4v) is 2.79. The molecule has 0 saturated heterocycles. The van der Waals surface area contributed by atoms with Gasteiger partial charge in [0.15, 0.2) is 5.75 Å². The summed E-state index contributed by atoms with van der Waals surface area (Å²) in [5.41, 5.74) is 1.53. The number of fused-ring (bicyclic) bond motifs is 2. The number of esters is 1. The summed E-state index contributed by atoms with van der Waals surface area (Å²) >= 11 is 0. The smallest absolute Gasteiger partial charge is 0.338 e. The number of nitrogens with one attached hydrogen (secondary N) is 1. The zero-order chi connectivity index (χ0) is 18.8. The van der Waals surface area contributed by atoms with Crippen molar-refractivity contribution in [2.75, 3.05) is 5.32 Å². The lowest BCUT2D eigenvalue weighted by Crippen LogP contribution is -2.11. The number of hydrogen-bond donors (Lipinski definition) is 2. The van der Waals surface area contributed by atoms with E-state index in [1.807, 2.05) is 30.3 Å². The molecule has 1 amide bonds. The molecule has 0 aliphatic carbocycles. The van der Waals surface area contributed by atoms with Crippen LogP contribution in [0.5, 0.6) is 17.2 Å². The molecule has 0 bridgehead atoms. The summed E-state index contributed by atoms with van der Waals surface area (Å²) in [6.45, 7) is 0.152. The molecule has 3 aromatic rings. The lowest BCUT2D eigenvalue weighted by Gasteiger charge is -2.10. The molecule has 4 rings (SSSR count). The van der Waals surface area contributed by atoms with Crippen molar-refractivity contribution in [1.82, 2.24) is 0 Å². The third-order valence-electron chi connectivity index (χ3n) is 4.13. The van der Waals surface area contributed by atoms with Crippen LogP contribution in [0.15, 0.2) is 66.7 Å². The number of rotatable bonds is 3. The Morgan fingerprint density at radius 3 is 2.63 bits per heavy atom. The Labute approximate surface area is 155 Å². The highest BCUT2D eigenvalue weighted by molar-refractivity contribution is 6.10. The Hall–Kier alpha value is -3.80. The lowest BCUT2D eigenvalue weighted by molar-refractivity contribution is 0.0472. The molecule has 1 aliphatic heterocycles. The molecule has 0 aromatic heterocycles. The first-order chi connectivity index (χ1) is 13.1. The van der Waals surface area contributed by atoms with E-state index in [1.165, 1.54) is 12.1 Å². The first kappa shape index (κ1) is 16.7. The molecule has 0 unspecified atom stereocenters. The van der Waals surface area contributed by atoms with E-state index < -0.39 is 11.9 Å². The van der Waals surface area contributed by atoms with Gasteiger partial charge in [-0.1, -0.05) is 36.4 Å². The quantitative estimate of drug-likeness (QED) is 0.686. The first-order valence-corrected chi connectivity index (χ1v) is 8.28. The maximum atomic E-state index is 12.4. The summed E-state index contributed by atoms with van der Waals surface area (Å²) in [7, 11) is 0. The number of aromatic hydroxyl groups is 1. The number of ether oxygens (including phenoxy) is 2. The molecular formula is C21H15NO5. The van der Waals surface area contributed by atoms with Crippen molar-refractivity contribution in [2.24, 2.45) is 0 Å². The minimum Gasteiger partial charge on any atom is -0.507 e. The Balaban J connectivity index is 1.57. The fraction of sp³-hybridized carbons (Fsp3) is 0.0476. The van der Waals surface area contributed by atoms with E-state index >= 15 is 0 Å². The van der Waals surface area contributed by atoms with Crippen molar-refractivity contribution in [3.63, 3.8) is 0 Å². The van der Waals surface area contributed by atoms with Crippen molar-refractivity contribution in [3.8, 4) is 17.2 Å². The molecule has 1 heterocycles. The molecule has 0 atom stereocenters. The third kappa shape index (κ3) is 3.32. The Morgan fingerprint density at radius 1 is 1.00 bits per heavy atom. The predicted octanol–water partition coefficient (Wildman–Crippen LogP) is 4.11. The van der Waals surface area contributed by atoms with Crippen LogP contribution >= 0.6 is 0 Å². The van der Waals surface area contributed by atoms with E-state index in [1.54, 1.807) is 24.3 Å². The van der Waals surface area contributed by atoms with E-state index in [0.717, 1.165) is 5.56 Å². The number of carbonyl (C=O) groups excluding carboxylic acids is 2. The van der Waals surface area contributed by atoms with E-state index in [-0.39, 0.29) is 29.2 Å². The maximum absolute atomic E-state index is 12.4. The fourth-order valence-electron chi connectivity index (χ4n) is 2.79. The van der Waals surface area contributed by atoms with Gasteiger partial charge in [-0.3, -0.25) is 4.79 Å². The molecule has 3 aromatic carbocycles. The van der Waals surface area contributed by atoms with Crippen LogP contribution in [0.25, 0.3) is 0 Å². The summed E-state index contributed by atoms with van der Waals surface area (Å²) in [6, 6.07) is 18.6. The van der Waals surface area contributed by atoms with Gasteiger partial charge in [-0.15, -0.1) is 0 Å². The third-order valence-corrected chi connectivity index (χ3v) is 4.13. The Kier molecular flexibility index (Phi) is 4.22. The second-order valence-electron chi connectivity index (χ2n) is 5.98. The summed E-state index contributed by atoms with van der Waals surface area (Å²) in [6.07, 6.45) is 0. The number of phenolic OH excluding ortho intramolecular Hbond substituents is 1. The van der Waals surface area contributed by atoms with E-state index in [2.05, 4.69) is 5.32 Å². The first-order valence-electron chi connectivity index (χ1n) is 8.28. The molecule has 0 radical (unpaired) electrons. The average Bonchev–Trinajstić information content (AvgIpc) is 2.82. The second kappa shape index (κ2) is 6.84. The van der Waals surface area contributed by atoms with Gasteiger partial charge in [0.2, 0.25) is 0 Å². The largest absolute Gasteiger partial charge is 0.507 e. The number of anilines is 1. The molecule has 0 spiro atoms. The molecule has 0 fully saturated rings. The van der Waals surface area contributed by atoms with Crippen LogP contribution in [0.4, 0.5) is 5.69 Å². The van der Waals surface area contributed by atoms with E-state index in [4.69, 9.17) is 9.47 Å². The molecule has 2 N–H and O–H groups in total. The monoisotopic (exact) mass is 361 g/mol. The average molecular weight is 361 g/mol. The normalized spacial score (nSPS) is 12.1. The molecular weight excluding hydrogens is 346 g/mol. The molecule has 6 nitrogen and oxygen atoms in total. The number of amides is 1. The van der Waals surface area contributed by atoms with Gasteiger partial charge in [0.25, 0.3) is 5.91 Å². The van der Waals surface area contributed by atoms with Crippen LogP contribution in [0.3, 0.4) is 0 Å². The zero-order valence-corrected chi connectivity index (χ0v) is 14.1. The SMILES string of the molecule is O=C(OCc1ccccc1)c1ccc2c(c1)NC(=O)c1c(O)cccc1O2. The van der Waals surface area contributed by atoms with Gasteiger partial charge in [-0.2, -0.15) is 0 Å². The second-order valence-corrected chi connectivity index (χ2v) is 5.98. The highest BCUT2D eigenvalue weighted by Crippen LogP contribution is 2.39.